The van der Waals surface area contributed by atoms with Gasteiger partial charge in [-0.1, -0.05) is 6.07 Å². The number of non-ortho nitro benzene ring substituents is 1. The number of hydrogen-bond donors (Lipinski definition) is 0. The van der Waals surface area contributed by atoms with Crippen molar-refractivity contribution in [2.24, 2.45) is 0 Å². The van der Waals surface area contributed by atoms with E-state index in [1.807, 2.05) is 0 Å². The zero-order valence-electron chi connectivity index (χ0n) is 7.23. The zero-order valence-corrected chi connectivity index (χ0v) is 7.23. The number of rotatable bonds is 1. The number of nitro groups is 1. The molecule has 2 rings (SSSR count). The Bertz CT molecular complexity index is 413. The van der Waals surface area contributed by atoms with Crippen LogP contribution >= 0.6 is 0 Å². The topological polar surface area (TPSA) is 69.4 Å². The maximum Gasteiger partial charge on any atom is 0.338 e. The smallest absolute Gasteiger partial charge is 0.338 e. The fraction of sp³-hybridized carbons (Fsp3) is 0.222. The molecule has 1 aliphatic heterocycles. The van der Waals surface area contributed by atoms with Gasteiger partial charge in [0.2, 0.25) is 0 Å². The fourth-order valence-electron chi connectivity index (χ4n) is 1.42. The lowest BCUT2D eigenvalue weighted by Crippen LogP contribution is -2.17. The van der Waals surface area contributed by atoms with Gasteiger partial charge in [0, 0.05) is 18.6 Å². The van der Waals surface area contributed by atoms with E-state index in [0.717, 1.165) is 5.56 Å². The van der Waals surface area contributed by atoms with E-state index in [2.05, 4.69) is 0 Å². The Balaban J connectivity index is 2.51. The number of benzene rings is 1. The molecule has 72 valence electrons. The number of carbonyl (C=O) groups is 1. The molecule has 1 aromatic carbocycles. The molecule has 0 radical (unpaired) electrons. The molecule has 0 fully saturated rings. The van der Waals surface area contributed by atoms with Gasteiger partial charge >= 0.3 is 5.97 Å². The van der Waals surface area contributed by atoms with Crippen molar-refractivity contribution in [3.63, 3.8) is 0 Å². The maximum atomic E-state index is 11.2. The first kappa shape index (κ1) is 8.68. The minimum Gasteiger partial charge on any atom is -0.462 e. The molecule has 5 heteroatoms. The van der Waals surface area contributed by atoms with Crippen LogP contribution in [0, 0.1) is 10.1 Å². The summed E-state index contributed by atoms with van der Waals surface area (Å²) < 4.78 is 4.78. The zero-order chi connectivity index (χ0) is 10.1. The van der Waals surface area contributed by atoms with E-state index >= 15 is 0 Å². The van der Waals surface area contributed by atoms with Crippen molar-refractivity contribution in [2.45, 2.75) is 6.42 Å². The predicted octanol–water partition coefficient (Wildman–Crippen LogP) is 1.31. The van der Waals surface area contributed by atoms with E-state index in [1.165, 1.54) is 12.1 Å². The molecule has 0 unspecified atom stereocenters. The predicted molar refractivity (Wildman–Crippen MR) is 47.1 cm³/mol. The highest BCUT2D eigenvalue weighted by atomic mass is 16.6. The SMILES string of the molecule is O=C1OCCc2ccc([N+](=O)[O-])cc21. The van der Waals surface area contributed by atoms with Gasteiger partial charge in [-0.25, -0.2) is 4.79 Å². The monoisotopic (exact) mass is 193 g/mol. The summed E-state index contributed by atoms with van der Waals surface area (Å²) in [6.45, 7) is 0.351. The van der Waals surface area contributed by atoms with Gasteiger partial charge in [0.1, 0.15) is 0 Å². The highest BCUT2D eigenvalue weighted by Crippen LogP contribution is 2.22. The van der Waals surface area contributed by atoms with Crippen LogP contribution in [0.4, 0.5) is 5.69 Å². The van der Waals surface area contributed by atoms with Crippen LogP contribution < -0.4 is 0 Å². The summed E-state index contributed by atoms with van der Waals surface area (Å²) in [5, 5.41) is 10.4. The molecular weight excluding hydrogens is 186 g/mol. The highest BCUT2D eigenvalue weighted by molar-refractivity contribution is 5.92. The van der Waals surface area contributed by atoms with Crippen molar-refractivity contribution in [3.8, 4) is 0 Å². The van der Waals surface area contributed by atoms with E-state index in [9.17, 15) is 14.9 Å². The summed E-state index contributed by atoms with van der Waals surface area (Å²) in [6.07, 6.45) is 0.624. The van der Waals surface area contributed by atoms with Crippen LogP contribution in [0.25, 0.3) is 0 Å². The summed E-state index contributed by atoms with van der Waals surface area (Å²) in [6, 6.07) is 4.27. The van der Waals surface area contributed by atoms with E-state index in [1.54, 1.807) is 6.07 Å². The number of fused-ring (bicyclic) bond motifs is 1. The van der Waals surface area contributed by atoms with Gasteiger partial charge in [-0.05, 0) is 5.56 Å². The molecule has 5 nitrogen and oxygen atoms in total. The molecule has 0 saturated heterocycles. The fourth-order valence-corrected chi connectivity index (χ4v) is 1.42. The first-order valence-electron chi connectivity index (χ1n) is 4.13. The van der Waals surface area contributed by atoms with Crippen LogP contribution in [0.1, 0.15) is 15.9 Å². The average Bonchev–Trinajstić information content (AvgIpc) is 2.18. The van der Waals surface area contributed by atoms with Crippen molar-refractivity contribution >= 4 is 11.7 Å². The van der Waals surface area contributed by atoms with Gasteiger partial charge in [0.05, 0.1) is 17.1 Å². The number of ether oxygens (including phenoxy) is 1. The lowest BCUT2D eigenvalue weighted by molar-refractivity contribution is -0.384. The summed E-state index contributed by atoms with van der Waals surface area (Å²) in [5.41, 5.74) is 1.04. The van der Waals surface area contributed by atoms with Crippen LogP contribution in [0.2, 0.25) is 0 Å². The van der Waals surface area contributed by atoms with Crippen LogP contribution in [0.5, 0.6) is 0 Å². The molecule has 1 aliphatic rings. The Labute approximate surface area is 79.4 Å². The second-order valence-corrected chi connectivity index (χ2v) is 2.98. The quantitative estimate of drug-likeness (QED) is 0.383. The third kappa shape index (κ3) is 1.32. The van der Waals surface area contributed by atoms with Crippen LogP contribution in [-0.2, 0) is 11.2 Å². The van der Waals surface area contributed by atoms with Gasteiger partial charge in [-0.15, -0.1) is 0 Å². The molecule has 0 saturated carbocycles. The van der Waals surface area contributed by atoms with Gasteiger partial charge in [-0.2, -0.15) is 0 Å². The van der Waals surface area contributed by atoms with Gasteiger partial charge in [0.15, 0.2) is 0 Å². The Hall–Kier alpha value is -1.91. The largest absolute Gasteiger partial charge is 0.462 e. The molecule has 0 atom stereocenters. The minimum absolute atomic E-state index is 0.0809. The third-order valence-electron chi connectivity index (χ3n) is 2.13. The first-order chi connectivity index (χ1) is 6.68. The van der Waals surface area contributed by atoms with Crippen LogP contribution in [0.3, 0.4) is 0 Å². The Morgan fingerprint density at radius 3 is 2.93 bits per heavy atom. The second kappa shape index (κ2) is 3.10. The Morgan fingerprint density at radius 1 is 1.43 bits per heavy atom. The number of esters is 1. The van der Waals surface area contributed by atoms with E-state index < -0.39 is 10.9 Å². The van der Waals surface area contributed by atoms with Crippen LogP contribution in [0.15, 0.2) is 18.2 Å². The normalized spacial score (nSPS) is 14.4. The molecule has 1 aromatic rings. The number of cyclic esters (lactones) is 1. The number of hydrogen-bond acceptors (Lipinski definition) is 4. The summed E-state index contributed by atoms with van der Waals surface area (Å²) in [7, 11) is 0. The van der Waals surface area contributed by atoms with E-state index in [0.29, 0.717) is 18.6 Å². The molecule has 0 amide bonds. The maximum absolute atomic E-state index is 11.2. The molecule has 0 bridgehead atoms. The standard InChI is InChI=1S/C9H7NO4/c11-9-8-5-7(10(12)13)2-1-6(8)3-4-14-9/h1-2,5H,3-4H2. The summed E-state index contributed by atoms with van der Waals surface area (Å²) in [4.78, 5) is 21.1. The third-order valence-corrected chi connectivity index (χ3v) is 2.13. The van der Waals surface area contributed by atoms with Gasteiger partial charge in [-0.3, -0.25) is 10.1 Å². The molecule has 1 heterocycles. The highest BCUT2D eigenvalue weighted by Gasteiger charge is 2.21. The Morgan fingerprint density at radius 2 is 2.21 bits per heavy atom. The van der Waals surface area contributed by atoms with Crippen molar-refractivity contribution in [2.75, 3.05) is 6.61 Å². The summed E-state index contributed by atoms with van der Waals surface area (Å²) >= 11 is 0. The molecule has 14 heavy (non-hydrogen) atoms. The van der Waals surface area contributed by atoms with Crippen molar-refractivity contribution in [1.82, 2.24) is 0 Å². The molecule has 0 aliphatic carbocycles. The van der Waals surface area contributed by atoms with Crippen LogP contribution in [-0.4, -0.2) is 17.5 Å². The molecule has 0 N–H and O–H groups in total. The lowest BCUT2D eigenvalue weighted by atomic mass is 10.0. The van der Waals surface area contributed by atoms with E-state index in [4.69, 9.17) is 4.74 Å². The van der Waals surface area contributed by atoms with Crippen molar-refractivity contribution < 1.29 is 14.5 Å². The van der Waals surface area contributed by atoms with Gasteiger partial charge < -0.3 is 4.74 Å². The van der Waals surface area contributed by atoms with Crippen molar-refractivity contribution in [3.05, 3.63) is 39.4 Å². The Kier molecular flexibility index (Phi) is 1.92. The minimum atomic E-state index is -0.526. The molecule has 0 aromatic heterocycles. The number of carbonyl (C=O) groups excluding carboxylic acids is 1. The molecule has 0 spiro atoms. The second-order valence-electron chi connectivity index (χ2n) is 2.98. The van der Waals surface area contributed by atoms with E-state index in [-0.39, 0.29) is 5.69 Å². The van der Waals surface area contributed by atoms with Crippen molar-refractivity contribution in [1.29, 1.82) is 0 Å². The summed E-state index contributed by atoms with van der Waals surface area (Å²) in [5.74, 6) is -0.477. The first-order valence-corrected chi connectivity index (χ1v) is 4.13. The van der Waals surface area contributed by atoms with Gasteiger partial charge in [0.25, 0.3) is 5.69 Å². The molecular formula is C9H7NO4. The number of nitrogens with zero attached hydrogens (tertiary/aromatic N) is 1. The lowest BCUT2D eigenvalue weighted by Gasteiger charge is -2.14. The average molecular weight is 193 g/mol. The number of nitro benzene ring substituents is 1.